The van der Waals surface area contributed by atoms with Gasteiger partial charge in [-0.1, -0.05) is 13.8 Å². The SMILES string of the molecule is CC(C)CNC(=O)CNS(=O)(=O)c1ccc(OC2CCCC2)cc1. The van der Waals surface area contributed by atoms with E-state index >= 15 is 0 Å². The van der Waals surface area contributed by atoms with E-state index in [9.17, 15) is 13.2 Å². The summed E-state index contributed by atoms with van der Waals surface area (Å²) in [6.07, 6.45) is 4.69. The summed E-state index contributed by atoms with van der Waals surface area (Å²) in [6.45, 7) is 4.20. The molecule has 134 valence electrons. The van der Waals surface area contributed by atoms with E-state index in [0.717, 1.165) is 12.8 Å². The maximum Gasteiger partial charge on any atom is 0.241 e. The zero-order valence-electron chi connectivity index (χ0n) is 14.2. The van der Waals surface area contributed by atoms with Gasteiger partial charge in [-0.05, 0) is 55.9 Å². The highest BCUT2D eigenvalue weighted by molar-refractivity contribution is 7.89. The number of rotatable bonds is 8. The fraction of sp³-hybridized carbons (Fsp3) is 0.588. The molecule has 2 rings (SSSR count). The van der Waals surface area contributed by atoms with Gasteiger partial charge in [0.1, 0.15) is 5.75 Å². The molecule has 1 aliphatic carbocycles. The molecule has 1 amide bonds. The number of sulfonamides is 1. The van der Waals surface area contributed by atoms with Gasteiger partial charge in [0, 0.05) is 6.54 Å². The van der Waals surface area contributed by atoms with Gasteiger partial charge in [0.25, 0.3) is 0 Å². The van der Waals surface area contributed by atoms with Gasteiger partial charge < -0.3 is 10.1 Å². The Labute approximate surface area is 144 Å². The average molecular weight is 354 g/mol. The summed E-state index contributed by atoms with van der Waals surface area (Å²) in [5, 5.41) is 2.67. The topological polar surface area (TPSA) is 84.5 Å². The molecule has 0 spiro atoms. The normalized spacial score (nSPS) is 15.6. The van der Waals surface area contributed by atoms with Gasteiger partial charge in [0.05, 0.1) is 17.5 Å². The molecule has 1 saturated carbocycles. The molecule has 1 aromatic rings. The van der Waals surface area contributed by atoms with Crippen molar-refractivity contribution in [3.05, 3.63) is 24.3 Å². The number of hydrogen-bond acceptors (Lipinski definition) is 4. The van der Waals surface area contributed by atoms with Crippen molar-refractivity contribution in [2.45, 2.75) is 50.5 Å². The average Bonchev–Trinajstić information content (AvgIpc) is 3.04. The van der Waals surface area contributed by atoms with Crippen LogP contribution in [0, 0.1) is 5.92 Å². The highest BCUT2D eigenvalue weighted by atomic mass is 32.2. The van der Waals surface area contributed by atoms with E-state index in [2.05, 4.69) is 10.0 Å². The largest absolute Gasteiger partial charge is 0.490 e. The van der Waals surface area contributed by atoms with Gasteiger partial charge in [-0.15, -0.1) is 0 Å². The smallest absolute Gasteiger partial charge is 0.241 e. The second kappa shape index (κ2) is 8.48. The third kappa shape index (κ3) is 5.79. The van der Waals surface area contributed by atoms with Crippen molar-refractivity contribution in [1.82, 2.24) is 10.0 Å². The lowest BCUT2D eigenvalue weighted by Crippen LogP contribution is -2.38. The van der Waals surface area contributed by atoms with Crippen LogP contribution in [-0.4, -0.2) is 33.5 Å². The molecule has 0 unspecified atom stereocenters. The Kier molecular flexibility index (Phi) is 6.62. The molecule has 24 heavy (non-hydrogen) atoms. The maximum absolute atomic E-state index is 12.2. The molecule has 0 aliphatic heterocycles. The lowest BCUT2D eigenvalue weighted by atomic mass is 10.2. The number of nitrogens with one attached hydrogen (secondary N) is 2. The Morgan fingerprint density at radius 3 is 2.42 bits per heavy atom. The van der Waals surface area contributed by atoms with Crippen molar-refractivity contribution in [3.63, 3.8) is 0 Å². The third-order valence-corrected chi connectivity index (χ3v) is 5.29. The van der Waals surface area contributed by atoms with Crippen LogP contribution >= 0.6 is 0 Å². The minimum atomic E-state index is -3.70. The van der Waals surface area contributed by atoms with E-state index in [1.165, 1.54) is 25.0 Å². The molecule has 0 aromatic heterocycles. The summed E-state index contributed by atoms with van der Waals surface area (Å²) in [5.41, 5.74) is 0. The number of ether oxygens (including phenoxy) is 1. The van der Waals surface area contributed by atoms with Gasteiger partial charge in [0.2, 0.25) is 15.9 Å². The van der Waals surface area contributed by atoms with E-state index in [4.69, 9.17) is 4.74 Å². The second-order valence-corrected chi connectivity index (χ2v) is 8.29. The number of benzene rings is 1. The first-order valence-electron chi connectivity index (χ1n) is 8.40. The summed E-state index contributed by atoms with van der Waals surface area (Å²) in [4.78, 5) is 11.7. The Bertz CT molecular complexity index is 635. The van der Waals surface area contributed by atoms with Gasteiger partial charge >= 0.3 is 0 Å². The van der Waals surface area contributed by atoms with Crippen molar-refractivity contribution in [2.75, 3.05) is 13.1 Å². The van der Waals surface area contributed by atoms with Crippen LogP contribution in [0.5, 0.6) is 5.75 Å². The lowest BCUT2D eigenvalue weighted by Gasteiger charge is -2.13. The van der Waals surface area contributed by atoms with Crippen LogP contribution in [0.1, 0.15) is 39.5 Å². The first-order chi connectivity index (χ1) is 11.4. The van der Waals surface area contributed by atoms with Crippen molar-refractivity contribution >= 4 is 15.9 Å². The lowest BCUT2D eigenvalue weighted by molar-refractivity contribution is -0.120. The molecule has 0 atom stereocenters. The van der Waals surface area contributed by atoms with Gasteiger partial charge in [-0.3, -0.25) is 4.79 Å². The van der Waals surface area contributed by atoms with E-state index in [1.54, 1.807) is 12.1 Å². The van der Waals surface area contributed by atoms with Gasteiger partial charge in [0.15, 0.2) is 0 Å². The highest BCUT2D eigenvalue weighted by Crippen LogP contribution is 2.24. The fourth-order valence-electron chi connectivity index (χ4n) is 2.52. The quantitative estimate of drug-likeness (QED) is 0.748. The van der Waals surface area contributed by atoms with E-state index < -0.39 is 10.0 Å². The molecular formula is C17H26N2O4S. The first-order valence-corrected chi connectivity index (χ1v) is 9.88. The van der Waals surface area contributed by atoms with E-state index in [-0.39, 0.29) is 23.5 Å². The Morgan fingerprint density at radius 1 is 1.21 bits per heavy atom. The van der Waals surface area contributed by atoms with Crippen molar-refractivity contribution < 1.29 is 17.9 Å². The molecule has 6 nitrogen and oxygen atoms in total. The molecule has 1 fully saturated rings. The first kappa shape index (κ1) is 18.7. The molecule has 1 aliphatic rings. The van der Waals surface area contributed by atoms with E-state index in [0.29, 0.717) is 18.2 Å². The predicted octanol–water partition coefficient (Wildman–Crippen LogP) is 2.06. The second-order valence-electron chi connectivity index (χ2n) is 6.52. The van der Waals surface area contributed by atoms with Crippen LogP contribution in [-0.2, 0) is 14.8 Å². The molecule has 2 N–H and O–H groups in total. The minimum absolute atomic E-state index is 0.123. The minimum Gasteiger partial charge on any atom is -0.490 e. The van der Waals surface area contributed by atoms with Crippen LogP contribution in [0.25, 0.3) is 0 Å². The number of amides is 1. The monoisotopic (exact) mass is 354 g/mol. The molecule has 1 aromatic carbocycles. The molecule has 0 saturated heterocycles. The molecule has 0 heterocycles. The fourth-order valence-corrected chi connectivity index (χ4v) is 3.50. The highest BCUT2D eigenvalue weighted by Gasteiger charge is 2.18. The van der Waals surface area contributed by atoms with Gasteiger partial charge in [-0.2, -0.15) is 0 Å². The number of hydrogen-bond donors (Lipinski definition) is 2. The van der Waals surface area contributed by atoms with Crippen molar-refractivity contribution in [1.29, 1.82) is 0 Å². The maximum atomic E-state index is 12.2. The predicted molar refractivity (Wildman–Crippen MR) is 92.4 cm³/mol. The molecular weight excluding hydrogens is 328 g/mol. The Balaban J connectivity index is 1.87. The number of carbonyl (C=O) groups excluding carboxylic acids is 1. The zero-order valence-corrected chi connectivity index (χ0v) is 15.1. The Morgan fingerprint density at radius 2 is 1.83 bits per heavy atom. The Hall–Kier alpha value is -1.60. The van der Waals surface area contributed by atoms with Crippen LogP contribution in [0.2, 0.25) is 0 Å². The third-order valence-electron chi connectivity index (χ3n) is 3.87. The van der Waals surface area contributed by atoms with Gasteiger partial charge in [-0.25, -0.2) is 13.1 Å². The summed E-state index contributed by atoms with van der Waals surface area (Å²) < 4.78 is 32.5. The summed E-state index contributed by atoms with van der Waals surface area (Å²) in [7, 11) is -3.70. The van der Waals surface area contributed by atoms with Crippen LogP contribution < -0.4 is 14.8 Å². The van der Waals surface area contributed by atoms with Crippen LogP contribution in [0.15, 0.2) is 29.2 Å². The van der Waals surface area contributed by atoms with Crippen LogP contribution in [0.4, 0.5) is 0 Å². The summed E-state index contributed by atoms with van der Waals surface area (Å²) >= 11 is 0. The van der Waals surface area contributed by atoms with Crippen molar-refractivity contribution in [3.8, 4) is 5.75 Å². The molecule has 0 bridgehead atoms. The number of carbonyl (C=O) groups is 1. The summed E-state index contributed by atoms with van der Waals surface area (Å²) in [6, 6.07) is 6.31. The van der Waals surface area contributed by atoms with Crippen LogP contribution in [0.3, 0.4) is 0 Å². The van der Waals surface area contributed by atoms with Crippen molar-refractivity contribution in [2.24, 2.45) is 5.92 Å². The van der Waals surface area contributed by atoms with E-state index in [1.807, 2.05) is 13.8 Å². The zero-order chi connectivity index (χ0) is 17.6. The molecule has 0 radical (unpaired) electrons. The summed E-state index contributed by atoms with van der Waals surface area (Å²) in [5.74, 6) is 0.655. The standard InChI is InChI=1S/C17H26N2O4S/c1-13(2)11-18-17(20)12-19-24(21,22)16-9-7-15(8-10-16)23-14-5-3-4-6-14/h7-10,13-14,19H,3-6,11-12H2,1-2H3,(H,18,20). The molecule has 7 heteroatoms.